The lowest BCUT2D eigenvalue weighted by atomic mass is 10.1. The quantitative estimate of drug-likeness (QED) is 0.865. The van der Waals surface area contributed by atoms with Crippen molar-refractivity contribution >= 4 is 12.0 Å². The van der Waals surface area contributed by atoms with Crippen LogP contribution in [0.4, 0.5) is 4.79 Å². The third-order valence-electron chi connectivity index (χ3n) is 4.23. The van der Waals surface area contributed by atoms with Crippen molar-refractivity contribution in [1.29, 1.82) is 0 Å². The standard InChI is InChI=1S/C20H21N2O3/c1-16-7-9-18(10-8-16)19(23)21-11-13-22(14-12-21)20(24)25-15-17-5-3-2-4-6-17/h2-10H,1,11-15H2. The number of rotatable bonds is 3. The Morgan fingerprint density at radius 3 is 2.12 bits per heavy atom. The average molecular weight is 337 g/mol. The molecule has 1 saturated heterocycles. The molecule has 2 aromatic rings. The first-order valence-electron chi connectivity index (χ1n) is 8.30. The molecule has 0 aliphatic carbocycles. The van der Waals surface area contributed by atoms with Crippen LogP contribution in [-0.2, 0) is 11.3 Å². The molecule has 1 aliphatic rings. The van der Waals surface area contributed by atoms with E-state index in [1.807, 2.05) is 42.5 Å². The minimum atomic E-state index is -0.336. The van der Waals surface area contributed by atoms with Gasteiger partial charge < -0.3 is 14.5 Å². The summed E-state index contributed by atoms with van der Waals surface area (Å²) >= 11 is 0. The van der Waals surface area contributed by atoms with E-state index in [2.05, 4.69) is 6.92 Å². The summed E-state index contributed by atoms with van der Waals surface area (Å²) in [4.78, 5) is 28.0. The van der Waals surface area contributed by atoms with Crippen molar-refractivity contribution in [1.82, 2.24) is 9.80 Å². The summed E-state index contributed by atoms with van der Waals surface area (Å²) in [6.07, 6.45) is -0.336. The molecule has 2 aromatic carbocycles. The lowest BCUT2D eigenvalue weighted by molar-refractivity contribution is 0.0544. The zero-order valence-corrected chi connectivity index (χ0v) is 14.1. The molecule has 0 unspecified atom stereocenters. The molecule has 2 amide bonds. The minimum Gasteiger partial charge on any atom is -0.445 e. The minimum absolute atomic E-state index is 0.0164. The van der Waals surface area contributed by atoms with E-state index in [-0.39, 0.29) is 18.6 Å². The van der Waals surface area contributed by atoms with Crippen molar-refractivity contribution in [3.8, 4) is 0 Å². The van der Waals surface area contributed by atoms with Gasteiger partial charge in [0.25, 0.3) is 5.91 Å². The van der Waals surface area contributed by atoms with E-state index in [1.165, 1.54) is 0 Å². The highest BCUT2D eigenvalue weighted by Crippen LogP contribution is 2.11. The lowest BCUT2D eigenvalue weighted by Gasteiger charge is -2.34. The van der Waals surface area contributed by atoms with E-state index < -0.39 is 0 Å². The van der Waals surface area contributed by atoms with Crippen molar-refractivity contribution < 1.29 is 14.3 Å². The Balaban J connectivity index is 1.48. The number of nitrogens with zero attached hydrogens (tertiary/aromatic N) is 2. The van der Waals surface area contributed by atoms with Gasteiger partial charge in [-0.1, -0.05) is 42.5 Å². The Morgan fingerprint density at radius 2 is 1.48 bits per heavy atom. The fourth-order valence-corrected chi connectivity index (χ4v) is 2.73. The first-order valence-corrected chi connectivity index (χ1v) is 8.30. The van der Waals surface area contributed by atoms with Crippen LogP contribution in [0, 0.1) is 6.92 Å². The molecule has 0 spiro atoms. The molecule has 5 heteroatoms. The molecular weight excluding hydrogens is 316 g/mol. The number of hydrogen-bond acceptors (Lipinski definition) is 3. The summed E-state index contributed by atoms with van der Waals surface area (Å²) in [5.41, 5.74) is 2.48. The fourth-order valence-electron chi connectivity index (χ4n) is 2.73. The van der Waals surface area contributed by atoms with Crippen LogP contribution in [0.2, 0.25) is 0 Å². The Labute approximate surface area is 147 Å². The molecule has 5 nitrogen and oxygen atoms in total. The van der Waals surface area contributed by atoms with Crippen LogP contribution in [0.15, 0.2) is 54.6 Å². The van der Waals surface area contributed by atoms with Crippen LogP contribution in [0.5, 0.6) is 0 Å². The van der Waals surface area contributed by atoms with Gasteiger partial charge in [-0.2, -0.15) is 0 Å². The fraction of sp³-hybridized carbons (Fsp3) is 0.250. The summed E-state index contributed by atoms with van der Waals surface area (Å²) in [5, 5.41) is 0. The predicted octanol–water partition coefficient (Wildman–Crippen LogP) is 2.96. The molecule has 1 heterocycles. The van der Waals surface area contributed by atoms with Crippen molar-refractivity contribution in [2.24, 2.45) is 0 Å². The van der Waals surface area contributed by atoms with Crippen molar-refractivity contribution in [2.75, 3.05) is 26.2 Å². The van der Waals surface area contributed by atoms with E-state index in [0.717, 1.165) is 11.1 Å². The van der Waals surface area contributed by atoms with E-state index in [9.17, 15) is 9.59 Å². The molecule has 0 aromatic heterocycles. The number of carbonyl (C=O) groups excluding carboxylic acids is 2. The van der Waals surface area contributed by atoms with Crippen molar-refractivity contribution in [3.05, 3.63) is 78.2 Å². The second kappa shape index (κ2) is 7.83. The molecule has 0 saturated carbocycles. The molecule has 1 fully saturated rings. The maximum Gasteiger partial charge on any atom is 0.410 e. The third-order valence-corrected chi connectivity index (χ3v) is 4.23. The van der Waals surface area contributed by atoms with Crippen LogP contribution in [0.3, 0.4) is 0 Å². The van der Waals surface area contributed by atoms with E-state index >= 15 is 0 Å². The zero-order valence-electron chi connectivity index (χ0n) is 14.1. The average Bonchev–Trinajstić information content (AvgIpc) is 2.67. The number of amides is 2. The van der Waals surface area contributed by atoms with Crippen molar-refractivity contribution in [2.45, 2.75) is 6.61 Å². The van der Waals surface area contributed by atoms with Gasteiger partial charge in [-0.15, -0.1) is 0 Å². The highest BCUT2D eigenvalue weighted by molar-refractivity contribution is 5.94. The Bertz CT molecular complexity index is 720. The number of hydrogen-bond donors (Lipinski definition) is 0. The van der Waals surface area contributed by atoms with Gasteiger partial charge in [0.1, 0.15) is 6.61 Å². The van der Waals surface area contributed by atoms with Gasteiger partial charge in [0.05, 0.1) is 0 Å². The first-order chi connectivity index (χ1) is 12.1. The van der Waals surface area contributed by atoms with Crippen LogP contribution in [0.25, 0.3) is 0 Å². The maximum atomic E-state index is 12.5. The van der Waals surface area contributed by atoms with E-state index in [1.54, 1.807) is 21.9 Å². The van der Waals surface area contributed by atoms with Gasteiger partial charge in [0, 0.05) is 31.7 Å². The molecule has 1 radical (unpaired) electrons. The SMILES string of the molecule is [CH2]c1ccc(C(=O)N2CCN(C(=O)OCc3ccccc3)CC2)cc1. The summed E-state index contributed by atoms with van der Waals surface area (Å²) < 4.78 is 5.34. The highest BCUT2D eigenvalue weighted by Gasteiger charge is 2.25. The second-order valence-electron chi connectivity index (χ2n) is 6.02. The van der Waals surface area contributed by atoms with Gasteiger partial charge in [-0.05, 0) is 30.2 Å². The van der Waals surface area contributed by atoms with E-state index in [4.69, 9.17) is 4.74 Å². The largest absolute Gasteiger partial charge is 0.445 e. The third kappa shape index (κ3) is 4.38. The van der Waals surface area contributed by atoms with Crippen LogP contribution < -0.4 is 0 Å². The summed E-state index contributed by atoms with van der Waals surface area (Å²) in [6.45, 7) is 6.05. The predicted molar refractivity (Wildman–Crippen MR) is 95.0 cm³/mol. The summed E-state index contributed by atoms with van der Waals surface area (Å²) in [5.74, 6) is -0.0164. The molecule has 129 valence electrons. The van der Waals surface area contributed by atoms with Gasteiger partial charge in [-0.25, -0.2) is 4.79 Å². The normalized spacial score (nSPS) is 14.3. The highest BCUT2D eigenvalue weighted by atomic mass is 16.6. The number of carbonyl (C=O) groups is 2. The molecule has 0 atom stereocenters. The molecule has 1 aliphatic heterocycles. The molecule has 0 bridgehead atoms. The van der Waals surface area contributed by atoms with Crippen LogP contribution >= 0.6 is 0 Å². The molecule has 0 N–H and O–H groups in total. The Kier molecular flexibility index (Phi) is 5.33. The first kappa shape index (κ1) is 17.0. The maximum absolute atomic E-state index is 12.5. The second-order valence-corrected chi connectivity index (χ2v) is 6.02. The van der Waals surface area contributed by atoms with E-state index in [0.29, 0.717) is 31.7 Å². The number of ether oxygens (including phenoxy) is 1. The molecule has 3 rings (SSSR count). The molecular formula is C20H21N2O3. The Morgan fingerprint density at radius 1 is 0.880 bits per heavy atom. The number of benzene rings is 2. The number of piperazine rings is 1. The van der Waals surface area contributed by atoms with Crippen molar-refractivity contribution in [3.63, 3.8) is 0 Å². The summed E-state index contributed by atoms with van der Waals surface area (Å²) in [6, 6.07) is 16.8. The van der Waals surface area contributed by atoms with Gasteiger partial charge >= 0.3 is 6.09 Å². The monoisotopic (exact) mass is 337 g/mol. The topological polar surface area (TPSA) is 49.9 Å². The van der Waals surface area contributed by atoms with Gasteiger partial charge in [0.15, 0.2) is 0 Å². The Hall–Kier alpha value is -2.82. The lowest BCUT2D eigenvalue weighted by Crippen LogP contribution is -2.50. The van der Waals surface area contributed by atoms with Crippen LogP contribution in [0.1, 0.15) is 21.5 Å². The summed E-state index contributed by atoms with van der Waals surface area (Å²) in [7, 11) is 0. The zero-order chi connectivity index (χ0) is 17.6. The van der Waals surface area contributed by atoms with Crippen LogP contribution in [-0.4, -0.2) is 48.0 Å². The smallest absolute Gasteiger partial charge is 0.410 e. The van der Waals surface area contributed by atoms with Gasteiger partial charge in [-0.3, -0.25) is 4.79 Å². The van der Waals surface area contributed by atoms with Gasteiger partial charge in [0.2, 0.25) is 0 Å². The molecule has 25 heavy (non-hydrogen) atoms.